The van der Waals surface area contributed by atoms with Gasteiger partial charge in [0.25, 0.3) is 0 Å². The van der Waals surface area contributed by atoms with Crippen molar-refractivity contribution in [2.75, 3.05) is 12.7 Å². The van der Waals surface area contributed by atoms with Crippen LogP contribution in [-0.2, 0) is 4.74 Å². The molecule has 0 aliphatic rings. The molecule has 0 bridgehead atoms. The smallest absolute Gasteiger partial charge is 0.121 e. The zero-order chi connectivity index (χ0) is 6.41. The number of ether oxygens (including phenoxy) is 1. The van der Waals surface area contributed by atoms with Crippen LogP contribution in [0.2, 0.25) is 0 Å². The lowest BCUT2D eigenvalue weighted by Gasteiger charge is -1.91. The number of allylic oxidation sites excluding steroid dienone is 1. The Bertz CT molecular complexity index is 74.6. The highest BCUT2D eigenvalue weighted by molar-refractivity contribution is 6.17. The minimum Gasteiger partial charge on any atom is -0.362 e. The number of hydrogen-bond acceptors (Lipinski definition) is 1. The molecular weight excluding hydrogens is 124 g/mol. The second-order valence-corrected chi connectivity index (χ2v) is 1.98. The van der Waals surface area contributed by atoms with Gasteiger partial charge in [-0.2, -0.15) is 0 Å². The van der Waals surface area contributed by atoms with Gasteiger partial charge >= 0.3 is 0 Å². The van der Waals surface area contributed by atoms with Crippen LogP contribution in [0.15, 0.2) is 11.6 Å². The molecule has 0 amide bonds. The fourth-order valence-electron chi connectivity index (χ4n) is 0.270. The lowest BCUT2D eigenvalue weighted by Crippen LogP contribution is -1.86. The lowest BCUT2D eigenvalue weighted by atomic mass is 10.3. The molecule has 0 fully saturated rings. The molecule has 1 nitrogen and oxygen atoms in total. The van der Waals surface area contributed by atoms with Crippen molar-refractivity contribution in [3.8, 4) is 0 Å². The van der Waals surface area contributed by atoms with Gasteiger partial charge in [0.05, 0.1) is 6.61 Å². The first-order valence-electron chi connectivity index (χ1n) is 2.54. The normalized spacial score (nSPS) is 8.88. The van der Waals surface area contributed by atoms with Crippen LogP contribution >= 0.6 is 11.6 Å². The monoisotopic (exact) mass is 134 g/mol. The zero-order valence-corrected chi connectivity index (χ0v) is 6.03. The predicted octanol–water partition coefficient (Wildman–Crippen LogP) is 2.17. The highest BCUT2D eigenvalue weighted by atomic mass is 35.5. The molecule has 0 aromatic heterocycles. The van der Waals surface area contributed by atoms with E-state index in [-0.39, 0.29) is 6.07 Å². The van der Waals surface area contributed by atoms with E-state index in [9.17, 15) is 0 Å². The van der Waals surface area contributed by atoms with Gasteiger partial charge in [-0.25, -0.2) is 0 Å². The number of halogens is 1. The maximum absolute atomic E-state index is 5.23. The van der Waals surface area contributed by atoms with Crippen LogP contribution in [0.1, 0.15) is 13.8 Å². The second kappa shape index (κ2) is 5.13. The molecule has 0 saturated heterocycles. The maximum Gasteiger partial charge on any atom is 0.121 e. The molecule has 48 valence electrons. The minimum atomic E-state index is 0.282. The molecule has 0 heterocycles. The predicted molar refractivity (Wildman–Crippen MR) is 36.1 cm³/mol. The first kappa shape index (κ1) is 7.99. The van der Waals surface area contributed by atoms with Crippen LogP contribution in [-0.4, -0.2) is 12.7 Å². The fraction of sp³-hybridized carbons (Fsp3) is 0.667. The van der Waals surface area contributed by atoms with Crippen molar-refractivity contribution in [1.29, 1.82) is 0 Å². The van der Waals surface area contributed by atoms with Gasteiger partial charge in [-0.05, 0) is 13.8 Å². The molecule has 0 rings (SSSR count). The molecule has 8 heavy (non-hydrogen) atoms. The van der Waals surface area contributed by atoms with E-state index in [4.69, 9.17) is 16.3 Å². The van der Waals surface area contributed by atoms with Crippen molar-refractivity contribution >= 4 is 11.6 Å². The fourth-order valence-corrected chi connectivity index (χ4v) is 0.359. The average Bonchev–Trinajstić information content (AvgIpc) is 1.66. The Labute approximate surface area is 55.3 Å². The highest BCUT2D eigenvalue weighted by Crippen LogP contribution is 1.88. The van der Waals surface area contributed by atoms with Gasteiger partial charge in [0, 0.05) is 0 Å². The van der Waals surface area contributed by atoms with Crippen molar-refractivity contribution in [3.63, 3.8) is 0 Å². The zero-order valence-electron chi connectivity index (χ0n) is 5.28. The van der Waals surface area contributed by atoms with E-state index in [1.54, 1.807) is 0 Å². The molecule has 0 N–H and O–H groups in total. The Kier molecular flexibility index (Phi) is 5.13. The molecule has 0 radical (unpaired) electrons. The first-order chi connectivity index (χ1) is 3.77. The van der Waals surface area contributed by atoms with Crippen molar-refractivity contribution in [3.05, 3.63) is 11.6 Å². The van der Waals surface area contributed by atoms with Gasteiger partial charge in [-0.15, -0.1) is 0 Å². The Morgan fingerprint density at radius 3 is 2.62 bits per heavy atom. The molecule has 0 aromatic carbocycles. The van der Waals surface area contributed by atoms with E-state index < -0.39 is 0 Å². The van der Waals surface area contributed by atoms with Crippen LogP contribution in [0.3, 0.4) is 0 Å². The SMILES string of the molecule is CC(C)=CCOCCl. The van der Waals surface area contributed by atoms with E-state index in [0.29, 0.717) is 6.61 Å². The van der Waals surface area contributed by atoms with Gasteiger partial charge in [0.15, 0.2) is 0 Å². The minimum absolute atomic E-state index is 0.282. The van der Waals surface area contributed by atoms with Gasteiger partial charge in [-0.1, -0.05) is 23.3 Å². The standard InChI is InChI=1S/C6H11ClO/c1-6(2)3-4-8-5-7/h3H,4-5H2,1-2H3. The van der Waals surface area contributed by atoms with Gasteiger partial charge in [0.2, 0.25) is 0 Å². The van der Waals surface area contributed by atoms with E-state index in [1.807, 2.05) is 19.9 Å². The molecule has 0 atom stereocenters. The molecular formula is C6H11ClO. The molecule has 0 aromatic rings. The third kappa shape index (κ3) is 5.99. The van der Waals surface area contributed by atoms with Crippen LogP contribution in [0.5, 0.6) is 0 Å². The molecule has 0 spiro atoms. The maximum atomic E-state index is 5.23. The van der Waals surface area contributed by atoms with Gasteiger partial charge in [0.1, 0.15) is 6.07 Å². The highest BCUT2D eigenvalue weighted by Gasteiger charge is 1.77. The Hall–Kier alpha value is -0.0100. The first-order valence-corrected chi connectivity index (χ1v) is 3.08. The summed E-state index contributed by atoms with van der Waals surface area (Å²) in [6.45, 7) is 4.68. The summed E-state index contributed by atoms with van der Waals surface area (Å²) >= 11 is 5.23. The van der Waals surface area contributed by atoms with Crippen molar-refractivity contribution in [1.82, 2.24) is 0 Å². The van der Waals surface area contributed by atoms with Crippen LogP contribution in [0.4, 0.5) is 0 Å². The molecule has 0 aliphatic heterocycles. The second-order valence-electron chi connectivity index (χ2n) is 1.76. The average molecular weight is 135 g/mol. The summed E-state index contributed by atoms with van der Waals surface area (Å²) in [5.74, 6) is 0. The van der Waals surface area contributed by atoms with E-state index in [1.165, 1.54) is 5.57 Å². The summed E-state index contributed by atoms with van der Waals surface area (Å²) in [4.78, 5) is 0. The number of alkyl halides is 1. The Morgan fingerprint density at radius 2 is 2.25 bits per heavy atom. The lowest BCUT2D eigenvalue weighted by molar-refractivity contribution is 0.212. The van der Waals surface area contributed by atoms with Crippen LogP contribution < -0.4 is 0 Å². The van der Waals surface area contributed by atoms with E-state index in [2.05, 4.69) is 0 Å². The quantitative estimate of drug-likeness (QED) is 0.327. The molecule has 0 unspecified atom stereocenters. The summed E-state index contributed by atoms with van der Waals surface area (Å²) in [6.07, 6.45) is 1.99. The van der Waals surface area contributed by atoms with Crippen molar-refractivity contribution in [2.24, 2.45) is 0 Å². The van der Waals surface area contributed by atoms with Gasteiger partial charge < -0.3 is 4.74 Å². The summed E-state index contributed by atoms with van der Waals surface area (Å²) < 4.78 is 4.83. The Morgan fingerprint density at radius 1 is 1.62 bits per heavy atom. The number of hydrogen-bond donors (Lipinski definition) is 0. The van der Waals surface area contributed by atoms with Crippen LogP contribution in [0, 0.1) is 0 Å². The van der Waals surface area contributed by atoms with Crippen LogP contribution in [0.25, 0.3) is 0 Å². The third-order valence-corrected chi connectivity index (χ3v) is 0.841. The third-order valence-electron chi connectivity index (χ3n) is 0.687. The topological polar surface area (TPSA) is 9.23 Å². The Balaban J connectivity index is 3.03. The summed E-state index contributed by atoms with van der Waals surface area (Å²) in [5, 5.41) is 0. The summed E-state index contributed by atoms with van der Waals surface area (Å²) in [7, 11) is 0. The molecule has 0 aliphatic carbocycles. The van der Waals surface area contributed by atoms with E-state index in [0.717, 1.165) is 0 Å². The summed E-state index contributed by atoms with van der Waals surface area (Å²) in [6, 6.07) is 0.282. The van der Waals surface area contributed by atoms with Crippen molar-refractivity contribution < 1.29 is 4.74 Å². The largest absolute Gasteiger partial charge is 0.362 e. The van der Waals surface area contributed by atoms with E-state index >= 15 is 0 Å². The van der Waals surface area contributed by atoms with Crippen molar-refractivity contribution in [2.45, 2.75) is 13.8 Å². The summed E-state index contributed by atoms with van der Waals surface area (Å²) in [5.41, 5.74) is 1.26. The molecule has 2 heteroatoms. The number of rotatable bonds is 3. The van der Waals surface area contributed by atoms with Gasteiger partial charge in [-0.3, -0.25) is 0 Å². The molecule has 0 saturated carbocycles.